The highest BCUT2D eigenvalue weighted by molar-refractivity contribution is 7.89. The highest BCUT2D eigenvalue weighted by Gasteiger charge is 2.51. The van der Waals surface area contributed by atoms with Crippen LogP contribution in [0.1, 0.15) is 17.5 Å². The van der Waals surface area contributed by atoms with Gasteiger partial charge in [0.1, 0.15) is 0 Å². The molecule has 8 heteroatoms. The van der Waals surface area contributed by atoms with Gasteiger partial charge in [-0.05, 0) is 60.1 Å². The van der Waals surface area contributed by atoms with Crippen LogP contribution in [-0.4, -0.2) is 36.3 Å². The van der Waals surface area contributed by atoms with Crippen LogP contribution in [0.5, 0.6) is 0 Å². The first-order valence-electron chi connectivity index (χ1n) is 10.7. The first-order chi connectivity index (χ1) is 15.3. The third-order valence-corrected chi connectivity index (χ3v) is 8.76. The Morgan fingerprint density at radius 1 is 0.938 bits per heavy atom. The largest absolute Gasteiger partial charge is 0.481 e. The molecule has 32 heavy (non-hydrogen) atoms. The second-order valence-corrected chi connectivity index (χ2v) is 10.6. The minimum Gasteiger partial charge on any atom is -0.481 e. The van der Waals surface area contributed by atoms with Crippen LogP contribution in [0.15, 0.2) is 65.6 Å². The second kappa shape index (κ2) is 7.86. The molecule has 166 valence electrons. The number of carboxylic acid groups (broad SMARTS) is 1. The zero-order valence-corrected chi connectivity index (χ0v) is 18.2. The number of benzene rings is 2. The van der Waals surface area contributed by atoms with Crippen molar-refractivity contribution in [3.8, 4) is 0 Å². The Morgan fingerprint density at radius 2 is 1.59 bits per heavy atom. The van der Waals surface area contributed by atoms with Crippen LogP contribution in [0.25, 0.3) is 0 Å². The van der Waals surface area contributed by atoms with Crippen LogP contribution in [-0.2, 0) is 32.6 Å². The molecule has 0 spiro atoms. The molecule has 5 rings (SSSR count). The second-order valence-electron chi connectivity index (χ2n) is 8.71. The molecular formula is C24H24N2O5S. The van der Waals surface area contributed by atoms with E-state index in [2.05, 4.69) is 5.32 Å². The number of anilines is 1. The summed E-state index contributed by atoms with van der Waals surface area (Å²) >= 11 is 0. The summed E-state index contributed by atoms with van der Waals surface area (Å²) in [7, 11) is -3.66. The SMILES string of the molecule is O=C(Nc1ccc(S(=O)(=O)N2CCc3ccccc3C2)cc1)[C@@H]1[C@H](C(=O)O)[C@H]2C=C[C@H]1C2. The summed E-state index contributed by atoms with van der Waals surface area (Å²) in [5, 5.41) is 12.3. The van der Waals surface area contributed by atoms with Crippen molar-refractivity contribution in [2.24, 2.45) is 23.7 Å². The van der Waals surface area contributed by atoms with Crippen LogP contribution in [0.3, 0.4) is 0 Å². The van der Waals surface area contributed by atoms with Gasteiger partial charge < -0.3 is 10.4 Å². The minimum atomic E-state index is -3.66. The third kappa shape index (κ3) is 3.53. The molecule has 1 heterocycles. The summed E-state index contributed by atoms with van der Waals surface area (Å²) < 4.78 is 27.7. The minimum absolute atomic E-state index is 0.0669. The first-order valence-corrected chi connectivity index (χ1v) is 12.2. The Bertz CT molecular complexity index is 1210. The molecule has 7 nitrogen and oxygen atoms in total. The van der Waals surface area contributed by atoms with Crippen molar-refractivity contribution in [2.75, 3.05) is 11.9 Å². The molecule has 0 radical (unpaired) electrons. The summed E-state index contributed by atoms with van der Waals surface area (Å²) in [4.78, 5) is 24.7. The summed E-state index contributed by atoms with van der Waals surface area (Å²) in [6, 6.07) is 13.9. The predicted molar refractivity (Wildman–Crippen MR) is 118 cm³/mol. The number of nitrogens with zero attached hydrogens (tertiary/aromatic N) is 1. The van der Waals surface area contributed by atoms with Gasteiger partial charge in [-0.25, -0.2) is 8.42 Å². The van der Waals surface area contributed by atoms with E-state index in [1.54, 1.807) is 12.1 Å². The molecule has 2 aromatic carbocycles. The van der Waals surface area contributed by atoms with Crippen LogP contribution in [0.4, 0.5) is 5.69 Å². The maximum Gasteiger partial charge on any atom is 0.307 e. The molecule has 0 unspecified atom stereocenters. The maximum atomic E-state index is 13.1. The average molecular weight is 453 g/mol. The van der Waals surface area contributed by atoms with E-state index in [-0.39, 0.29) is 22.6 Å². The Hall–Kier alpha value is -2.97. The van der Waals surface area contributed by atoms with Crippen molar-refractivity contribution in [3.63, 3.8) is 0 Å². The summed E-state index contributed by atoms with van der Waals surface area (Å²) in [6.07, 6.45) is 5.18. The van der Waals surface area contributed by atoms with E-state index in [9.17, 15) is 23.1 Å². The van der Waals surface area contributed by atoms with Gasteiger partial charge in [0.05, 0.1) is 16.7 Å². The highest BCUT2D eigenvalue weighted by atomic mass is 32.2. The van der Waals surface area contributed by atoms with Gasteiger partial charge in [0.25, 0.3) is 0 Å². The van der Waals surface area contributed by atoms with E-state index in [0.717, 1.165) is 5.56 Å². The highest BCUT2D eigenvalue weighted by Crippen LogP contribution is 2.48. The molecule has 2 bridgehead atoms. The van der Waals surface area contributed by atoms with E-state index in [1.165, 1.54) is 22.0 Å². The zero-order chi connectivity index (χ0) is 22.5. The van der Waals surface area contributed by atoms with E-state index in [0.29, 0.717) is 31.6 Å². The molecule has 3 aliphatic rings. The lowest BCUT2D eigenvalue weighted by Gasteiger charge is -2.28. The fourth-order valence-corrected chi connectivity index (χ4v) is 6.70. The van der Waals surface area contributed by atoms with Crippen LogP contribution in [0.2, 0.25) is 0 Å². The van der Waals surface area contributed by atoms with E-state index >= 15 is 0 Å². The Morgan fingerprint density at radius 3 is 2.28 bits per heavy atom. The number of carbonyl (C=O) groups is 2. The van der Waals surface area contributed by atoms with Gasteiger partial charge in [0.2, 0.25) is 15.9 Å². The average Bonchev–Trinajstić information content (AvgIpc) is 3.41. The molecule has 2 N–H and O–H groups in total. The van der Waals surface area contributed by atoms with Gasteiger partial charge in [0, 0.05) is 18.8 Å². The molecule has 1 aliphatic heterocycles. The number of nitrogens with one attached hydrogen (secondary N) is 1. The van der Waals surface area contributed by atoms with Crippen molar-refractivity contribution in [1.29, 1.82) is 0 Å². The third-order valence-electron chi connectivity index (χ3n) is 6.90. The fraction of sp³-hybridized carbons (Fsp3) is 0.333. The van der Waals surface area contributed by atoms with E-state index < -0.39 is 27.8 Å². The number of carboxylic acids is 1. The maximum absolute atomic E-state index is 13.1. The number of amides is 1. The summed E-state index contributed by atoms with van der Waals surface area (Å²) in [6.45, 7) is 0.761. The number of allylic oxidation sites excluding steroid dienone is 2. The molecule has 1 amide bonds. The number of fused-ring (bicyclic) bond motifs is 3. The molecule has 4 atom stereocenters. The van der Waals surface area contributed by atoms with Gasteiger partial charge in [-0.15, -0.1) is 0 Å². The van der Waals surface area contributed by atoms with Crippen molar-refractivity contribution >= 4 is 27.6 Å². The molecule has 2 aliphatic carbocycles. The van der Waals surface area contributed by atoms with Gasteiger partial charge >= 0.3 is 5.97 Å². The Balaban J connectivity index is 1.30. The predicted octanol–water partition coefficient (Wildman–Crippen LogP) is 2.90. The number of hydrogen-bond donors (Lipinski definition) is 2. The number of rotatable bonds is 5. The molecule has 2 aromatic rings. The van der Waals surface area contributed by atoms with E-state index in [4.69, 9.17) is 0 Å². The van der Waals surface area contributed by atoms with Crippen molar-refractivity contribution in [2.45, 2.75) is 24.3 Å². The zero-order valence-electron chi connectivity index (χ0n) is 17.3. The van der Waals surface area contributed by atoms with Gasteiger partial charge in [-0.1, -0.05) is 36.4 Å². The molecule has 0 aromatic heterocycles. The van der Waals surface area contributed by atoms with Crippen molar-refractivity contribution in [3.05, 3.63) is 71.8 Å². The summed E-state index contributed by atoms with van der Waals surface area (Å²) in [5.74, 6) is -2.78. The molecule has 1 saturated carbocycles. The van der Waals surface area contributed by atoms with Crippen LogP contribution in [0, 0.1) is 23.7 Å². The van der Waals surface area contributed by atoms with Gasteiger partial charge in [0.15, 0.2) is 0 Å². The fourth-order valence-electron chi connectivity index (χ4n) is 5.28. The lowest BCUT2D eigenvalue weighted by Crippen LogP contribution is -2.36. The Kier molecular flexibility index (Phi) is 5.14. The standard InChI is InChI=1S/C24H24N2O5S/c27-23(21-16-5-6-17(13-16)22(21)24(28)29)25-19-7-9-20(10-8-19)32(30,31)26-12-11-15-3-1-2-4-18(15)14-26/h1-10,16-17,21-22H,11-14H2,(H,25,27)(H,28,29)/t16-,17-,21-,22+/m0/s1. The number of sulfonamides is 1. The number of hydrogen-bond acceptors (Lipinski definition) is 4. The number of aliphatic carboxylic acids is 1. The molecular weight excluding hydrogens is 428 g/mol. The van der Waals surface area contributed by atoms with Gasteiger partial charge in [-0.2, -0.15) is 4.31 Å². The van der Waals surface area contributed by atoms with Gasteiger partial charge in [-0.3, -0.25) is 9.59 Å². The quantitative estimate of drug-likeness (QED) is 0.679. The lowest BCUT2D eigenvalue weighted by molar-refractivity contribution is -0.146. The van der Waals surface area contributed by atoms with Crippen molar-refractivity contribution in [1.82, 2.24) is 4.31 Å². The van der Waals surface area contributed by atoms with E-state index in [1.807, 2.05) is 36.4 Å². The molecule has 0 saturated heterocycles. The lowest BCUT2D eigenvalue weighted by atomic mass is 9.82. The van der Waals surface area contributed by atoms with Crippen LogP contribution < -0.4 is 5.32 Å². The van der Waals surface area contributed by atoms with Crippen LogP contribution >= 0.6 is 0 Å². The topological polar surface area (TPSA) is 104 Å². The monoisotopic (exact) mass is 452 g/mol. The smallest absolute Gasteiger partial charge is 0.307 e. The first kappa shape index (κ1) is 20.9. The normalized spacial score (nSPS) is 26.6. The summed E-state index contributed by atoms with van der Waals surface area (Å²) in [5.41, 5.74) is 2.64. The Labute approximate surface area is 186 Å². The van der Waals surface area contributed by atoms with Crippen molar-refractivity contribution < 1.29 is 23.1 Å². The molecule has 1 fully saturated rings. The number of carbonyl (C=O) groups excluding carboxylic acids is 1.